The Kier molecular flexibility index (Phi) is 3.50. The van der Waals surface area contributed by atoms with Crippen LogP contribution in [0.1, 0.15) is 32.6 Å². The zero-order chi connectivity index (χ0) is 14.3. The van der Waals surface area contributed by atoms with Gasteiger partial charge in [-0.2, -0.15) is 0 Å². The number of hydrogen-bond acceptors (Lipinski definition) is 3. The van der Waals surface area contributed by atoms with Gasteiger partial charge in [0.2, 0.25) is 10.0 Å². The fourth-order valence-corrected chi connectivity index (χ4v) is 5.25. The van der Waals surface area contributed by atoms with E-state index >= 15 is 0 Å². The molecule has 4 nitrogen and oxygen atoms in total. The van der Waals surface area contributed by atoms with Crippen LogP contribution < -0.4 is 10.5 Å². The third kappa shape index (κ3) is 2.56. The molecule has 1 aromatic carbocycles. The predicted octanol–water partition coefficient (Wildman–Crippen LogP) is 2.37. The number of fused-ring (bicyclic) bond motifs is 2. The molecular formula is C15H22N2O2S. The van der Waals surface area contributed by atoms with Crippen LogP contribution in [0.25, 0.3) is 0 Å². The molecule has 0 radical (unpaired) electrons. The Morgan fingerprint density at radius 1 is 1.20 bits per heavy atom. The summed E-state index contributed by atoms with van der Waals surface area (Å²) in [6.07, 6.45) is 5.07. The first-order valence-electron chi connectivity index (χ1n) is 7.33. The van der Waals surface area contributed by atoms with Gasteiger partial charge in [0.15, 0.2) is 0 Å². The zero-order valence-corrected chi connectivity index (χ0v) is 12.6. The highest BCUT2D eigenvalue weighted by Gasteiger charge is 2.42. The molecule has 0 saturated heterocycles. The van der Waals surface area contributed by atoms with E-state index in [1.165, 1.54) is 25.7 Å². The summed E-state index contributed by atoms with van der Waals surface area (Å²) < 4.78 is 27.6. The second-order valence-corrected chi connectivity index (χ2v) is 8.03. The van der Waals surface area contributed by atoms with Crippen molar-refractivity contribution >= 4 is 15.7 Å². The minimum atomic E-state index is -3.44. The summed E-state index contributed by atoms with van der Waals surface area (Å²) >= 11 is 0. The highest BCUT2D eigenvalue weighted by molar-refractivity contribution is 7.89. The van der Waals surface area contributed by atoms with Crippen molar-refractivity contribution < 1.29 is 8.42 Å². The molecule has 1 aromatic rings. The summed E-state index contributed by atoms with van der Waals surface area (Å²) in [5, 5.41) is 0. The first-order chi connectivity index (χ1) is 9.45. The van der Waals surface area contributed by atoms with Crippen molar-refractivity contribution in [2.24, 2.45) is 17.8 Å². The monoisotopic (exact) mass is 294 g/mol. The van der Waals surface area contributed by atoms with Crippen molar-refractivity contribution in [2.75, 3.05) is 5.73 Å². The third-order valence-electron chi connectivity index (χ3n) is 4.97. The maximum atomic E-state index is 12.4. The summed E-state index contributed by atoms with van der Waals surface area (Å²) in [5.74, 6) is 2.04. The number of hydrogen-bond donors (Lipinski definition) is 2. The number of nitrogens with two attached hydrogens (primary N) is 1. The molecule has 0 unspecified atom stereocenters. The first kappa shape index (κ1) is 13.9. The van der Waals surface area contributed by atoms with E-state index in [2.05, 4.69) is 4.72 Å². The maximum absolute atomic E-state index is 12.4. The van der Waals surface area contributed by atoms with Gasteiger partial charge in [-0.3, -0.25) is 0 Å². The molecule has 2 saturated carbocycles. The van der Waals surface area contributed by atoms with E-state index in [4.69, 9.17) is 5.73 Å². The van der Waals surface area contributed by atoms with Crippen LogP contribution >= 0.6 is 0 Å². The Morgan fingerprint density at radius 2 is 1.90 bits per heavy atom. The van der Waals surface area contributed by atoms with Crippen LogP contribution in [0.15, 0.2) is 29.2 Å². The van der Waals surface area contributed by atoms with Crippen LogP contribution in [-0.4, -0.2) is 14.5 Å². The summed E-state index contributed by atoms with van der Waals surface area (Å²) in [4.78, 5) is 0.293. The standard InChI is InChI=1S/C15H22N2O2S/c1-10(15-9-11-2-3-12(15)8-11)17-20(18,19)14-6-4-13(16)5-7-14/h4-7,10-12,15,17H,2-3,8-9,16H2,1H3/t10-,11+,12+,15+/m1/s1. The molecule has 2 aliphatic carbocycles. The normalized spacial score (nSPS) is 30.6. The van der Waals surface area contributed by atoms with E-state index in [1.807, 2.05) is 6.92 Å². The Labute approximate surface area is 120 Å². The van der Waals surface area contributed by atoms with E-state index in [0.717, 1.165) is 5.92 Å². The van der Waals surface area contributed by atoms with Gasteiger partial charge in [0, 0.05) is 11.7 Å². The highest BCUT2D eigenvalue weighted by Crippen LogP contribution is 2.49. The van der Waals surface area contributed by atoms with Crippen LogP contribution in [-0.2, 0) is 10.0 Å². The number of anilines is 1. The van der Waals surface area contributed by atoms with Gasteiger partial charge in [0.05, 0.1) is 4.90 Å². The topological polar surface area (TPSA) is 72.2 Å². The maximum Gasteiger partial charge on any atom is 0.240 e. The van der Waals surface area contributed by atoms with Gasteiger partial charge in [-0.05, 0) is 68.2 Å². The summed E-state index contributed by atoms with van der Waals surface area (Å²) in [6.45, 7) is 2.00. The fraction of sp³-hybridized carbons (Fsp3) is 0.600. The smallest absolute Gasteiger partial charge is 0.240 e. The largest absolute Gasteiger partial charge is 0.399 e. The summed E-state index contributed by atoms with van der Waals surface area (Å²) in [5.41, 5.74) is 6.17. The molecule has 20 heavy (non-hydrogen) atoms. The number of sulfonamides is 1. The van der Waals surface area contributed by atoms with Gasteiger partial charge in [-0.1, -0.05) is 6.42 Å². The molecule has 2 fully saturated rings. The van der Waals surface area contributed by atoms with Crippen molar-refractivity contribution in [3.8, 4) is 0 Å². The van der Waals surface area contributed by atoms with Crippen LogP contribution in [0.2, 0.25) is 0 Å². The van der Waals surface area contributed by atoms with Gasteiger partial charge < -0.3 is 5.73 Å². The van der Waals surface area contributed by atoms with E-state index in [1.54, 1.807) is 24.3 Å². The molecule has 2 bridgehead atoms. The number of rotatable bonds is 4. The van der Waals surface area contributed by atoms with E-state index < -0.39 is 10.0 Å². The lowest BCUT2D eigenvalue weighted by Crippen LogP contribution is -2.40. The predicted molar refractivity (Wildman–Crippen MR) is 79.6 cm³/mol. The molecule has 0 aromatic heterocycles. The zero-order valence-electron chi connectivity index (χ0n) is 11.7. The summed E-state index contributed by atoms with van der Waals surface area (Å²) in [6, 6.07) is 6.37. The number of nitrogen functional groups attached to an aromatic ring is 1. The average molecular weight is 294 g/mol. The molecule has 0 heterocycles. The summed E-state index contributed by atoms with van der Waals surface area (Å²) in [7, 11) is -3.44. The molecule has 110 valence electrons. The third-order valence-corrected chi connectivity index (χ3v) is 6.54. The molecule has 0 spiro atoms. The van der Waals surface area contributed by atoms with Gasteiger partial charge in [-0.15, -0.1) is 0 Å². The quantitative estimate of drug-likeness (QED) is 0.837. The lowest BCUT2D eigenvalue weighted by atomic mass is 9.84. The SMILES string of the molecule is C[C@@H](NS(=O)(=O)c1ccc(N)cc1)[C@@H]1C[C@H]2CC[C@H]1C2. The Balaban J connectivity index is 1.71. The van der Waals surface area contributed by atoms with Crippen molar-refractivity contribution in [2.45, 2.75) is 43.5 Å². The molecule has 4 atom stereocenters. The number of nitrogens with one attached hydrogen (secondary N) is 1. The van der Waals surface area contributed by atoms with Crippen molar-refractivity contribution in [1.82, 2.24) is 4.72 Å². The van der Waals surface area contributed by atoms with E-state index in [9.17, 15) is 8.42 Å². The van der Waals surface area contributed by atoms with Gasteiger partial charge in [-0.25, -0.2) is 13.1 Å². The van der Waals surface area contributed by atoms with E-state index in [0.29, 0.717) is 22.4 Å². The molecule has 3 rings (SSSR count). The van der Waals surface area contributed by atoms with Gasteiger partial charge >= 0.3 is 0 Å². The average Bonchev–Trinajstić information content (AvgIpc) is 3.01. The first-order valence-corrected chi connectivity index (χ1v) is 8.82. The molecule has 0 aliphatic heterocycles. The molecule has 2 aliphatic rings. The second kappa shape index (κ2) is 5.04. The van der Waals surface area contributed by atoms with Crippen LogP contribution in [0.3, 0.4) is 0 Å². The van der Waals surface area contributed by atoms with Gasteiger partial charge in [0.1, 0.15) is 0 Å². The second-order valence-electron chi connectivity index (χ2n) is 6.32. The lowest BCUT2D eigenvalue weighted by molar-refractivity contribution is 0.280. The minimum absolute atomic E-state index is 0.00727. The lowest BCUT2D eigenvalue weighted by Gasteiger charge is -2.28. The fourth-order valence-electron chi connectivity index (χ4n) is 3.95. The Bertz CT molecular complexity index is 582. The van der Waals surface area contributed by atoms with Crippen LogP contribution in [0.5, 0.6) is 0 Å². The van der Waals surface area contributed by atoms with Crippen LogP contribution in [0.4, 0.5) is 5.69 Å². The van der Waals surface area contributed by atoms with Crippen molar-refractivity contribution in [1.29, 1.82) is 0 Å². The Hall–Kier alpha value is -1.07. The Morgan fingerprint density at radius 3 is 2.45 bits per heavy atom. The van der Waals surface area contributed by atoms with Crippen molar-refractivity contribution in [3.05, 3.63) is 24.3 Å². The molecule has 3 N–H and O–H groups in total. The van der Waals surface area contributed by atoms with E-state index in [-0.39, 0.29) is 6.04 Å². The van der Waals surface area contributed by atoms with Gasteiger partial charge in [0.25, 0.3) is 0 Å². The van der Waals surface area contributed by atoms with Crippen molar-refractivity contribution in [3.63, 3.8) is 0 Å². The molecule has 5 heteroatoms. The highest BCUT2D eigenvalue weighted by atomic mass is 32.2. The molecule has 0 amide bonds. The number of benzene rings is 1. The molecular weight excluding hydrogens is 272 g/mol. The minimum Gasteiger partial charge on any atom is -0.399 e. The van der Waals surface area contributed by atoms with Crippen LogP contribution in [0, 0.1) is 17.8 Å².